The Bertz CT molecular complexity index is 666. The number of benzene rings is 2. The molecule has 0 aliphatic rings. The SMILES string of the molecule is Cc1ccc([C@@H](C)NC(=O)CCc2ccccc2F)cc1C. The van der Waals surface area contributed by atoms with Crippen molar-refractivity contribution in [3.05, 3.63) is 70.5 Å². The zero-order valence-electron chi connectivity index (χ0n) is 13.3. The average molecular weight is 299 g/mol. The maximum atomic E-state index is 13.5. The Hall–Kier alpha value is -2.16. The molecule has 0 fully saturated rings. The largest absolute Gasteiger partial charge is 0.350 e. The van der Waals surface area contributed by atoms with Crippen LogP contribution in [-0.2, 0) is 11.2 Å². The molecule has 0 bridgehead atoms. The van der Waals surface area contributed by atoms with Crippen LogP contribution in [0.25, 0.3) is 0 Å². The van der Waals surface area contributed by atoms with Gasteiger partial charge in [0.2, 0.25) is 5.91 Å². The summed E-state index contributed by atoms with van der Waals surface area (Å²) in [6.07, 6.45) is 0.703. The number of carbonyl (C=O) groups excluding carboxylic acids is 1. The molecular weight excluding hydrogens is 277 g/mol. The van der Waals surface area contributed by atoms with Gasteiger partial charge >= 0.3 is 0 Å². The number of carbonyl (C=O) groups is 1. The minimum atomic E-state index is -0.252. The first kappa shape index (κ1) is 16.2. The van der Waals surface area contributed by atoms with Crippen LogP contribution in [0.1, 0.15) is 41.6 Å². The summed E-state index contributed by atoms with van der Waals surface area (Å²) in [7, 11) is 0. The molecule has 0 saturated heterocycles. The van der Waals surface area contributed by atoms with Gasteiger partial charge in [0.15, 0.2) is 0 Å². The van der Waals surface area contributed by atoms with Crippen molar-refractivity contribution in [1.29, 1.82) is 0 Å². The Morgan fingerprint density at radius 2 is 1.86 bits per heavy atom. The van der Waals surface area contributed by atoms with Gasteiger partial charge in [-0.15, -0.1) is 0 Å². The quantitative estimate of drug-likeness (QED) is 0.878. The number of nitrogens with one attached hydrogen (secondary N) is 1. The smallest absolute Gasteiger partial charge is 0.220 e. The van der Waals surface area contributed by atoms with Crippen LogP contribution in [0.15, 0.2) is 42.5 Å². The molecule has 0 unspecified atom stereocenters. The lowest BCUT2D eigenvalue weighted by Gasteiger charge is -2.16. The molecule has 1 amide bonds. The van der Waals surface area contributed by atoms with Crippen molar-refractivity contribution < 1.29 is 9.18 Å². The summed E-state index contributed by atoms with van der Waals surface area (Å²) in [5.74, 6) is -0.313. The van der Waals surface area contributed by atoms with Gasteiger partial charge in [0.1, 0.15) is 5.82 Å². The zero-order chi connectivity index (χ0) is 16.1. The van der Waals surface area contributed by atoms with Crippen molar-refractivity contribution >= 4 is 5.91 Å². The van der Waals surface area contributed by atoms with E-state index in [9.17, 15) is 9.18 Å². The number of aryl methyl sites for hydroxylation is 3. The molecule has 116 valence electrons. The number of halogens is 1. The molecule has 2 rings (SSSR count). The van der Waals surface area contributed by atoms with Crippen LogP contribution in [0.4, 0.5) is 4.39 Å². The van der Waals surface area contributed by atoms with E-state index in [2.05, 4.69) is 31.3 Å². The Labute approximate surface area is 131 Å². The average Bonchev–Trinajstić information content (AvgIpc) is 2.49. The fourth-order valence-corrected chi connectivity index (χ4v) is 2.38. The van der Waals surface area contributed by atoms with Crippen LogP contribution >= 0.6 is 0 Å². The maximum Gasteiger partial charge on any atom is 0.220 e. The maximum absolute atomic E-state index is 13.5. The molecule has 1 N–H and O–H groups in total. The van der Waals surface area contributed by atoms with Gasteiger partial charge in [0, 0.05) is 6.42 Å². The molecule has 1 atom stereocenters. The highest BCUT2D eigenvalue weighted by molar-refractivity contribution is 5.76. The molecule has 0 radical (unpaired) electrons. The van der Waals surface area contributed by atoms with Crippen molar-refractivity contribution in [2.45, 2.75) is 39.7 Å². The lowest BCUT2D eigenvalue weighted by Crippen LogP contribution is -2.27. The Balaban J connectivity index is 1.91. The van der Waals surface area contributed by atoms with Crippen molar-refractivity contribution in [2.24, 2.45) is 0 Å². The Morgan fingerprint density at radius 1 is 1.14 bits per heavy atom. The van der Waals surface area contributed by atoms with Gasteiger partial charge in [-0.2, -0.15) is 0 Å². The van der Waals surface area contributed by atoms with Gasteiger partial charge < -0.3 is 5.32 Å². The second-order valence-corrected chi connectivity index (χ2v) is 5.72. The zero-order valence-corrected chi connectivity index (χ0v) is 13.3. The van der Waals surface area contributed by atoms with E-state index in [0.29, 0.717) is 12.0 Å². The van der Waals surface area contributed by atoms with Crippen molar-refractivity contribution in [1.82, 2.24) is 5.32 Å². The van der Waals surface area contributed by atoms with E-state index in [0.717, 1.165) is 5.56 Å². The van der Waals surface area contributed by atoms with Gasteiger partial charge in [0.25, 0.3) is 0 Å². The summed E-state index contributed by atoms with van der Waals surface area (Å²) in [5, 5.41) is 2.97. The highest BCUT2D eigenvalue weighted by atomic mass is 19.1. The predicted octanol–water partition coefficient (Wildman–Crippen LogP) is 4.25. The number of amides is 1. The van der Waals surface area contributed by atoms with Gasteiger partial charge in [-0.25, -0.2) is 4.39 Å². The molecule has 2 aromatic rings. The molecule has 3 heteroatoms. The fourth-order valence-electron chi connectivity index (χ4n) is 2.38. The molecule has 0 saturated carbocycles. The molecule has 0 aromatic heterocycles. The summed E-state index contributed by atoms with van der Waals surface area (Å²) >= 11 is 0. The van der Waals surface area contributed by atoms with Crippen LogP contribution in [-0.4, -0.2) is 5.91 Å². The topological polar surface area (TPSA) is 29.1 Å². The van der Waals surface area contributed by atoms with Crippen LogP contribution in [0.3, 0.4) is 0 Å². The molecule has 0 aliphatic heterocycles. The van der Waals surface area contributed by atoms with Crippen LogP contribution in [0.2, 0.25) is 0 Å². The highest BCUT2D eigenvalue weighted by Gasteiger charge is 2.11. The van der Waals surface area contributed by atoms with Crippen molar-refractivity contribution in [3.63, 3.8) is 0 Å². The molecular formula is C19H22FNO. The first-order chi connectivity index (χ1) is 10.5. The van der Waals surface area contributed by atoms with Gasteiger partial charge in [-0.05, 0) is 55.5 Å². The predicted molar refractivity (Wildman–Crippen MR) is 87.2 cm³/mol. The van der Waals surface area contributed by atoms with Gasteiger partial charge in [-0.1, -0.05) is 36.4 Å². The normalized spacial score (nSPS) is 12.0. The molecule has 0 heterocycles. The standard InChI is InChI=1S/C19H22FNO/c1-13-8-9-17(12-14(13)2)15(3)21-19(22)11-10-16-6-4-5-7-18(16)20/h4-9,12,15H,10-11H2,1-3H3,(H,21,22)/t15-/m1/s1. The number of hydrogen-bond donors (Lipinski definition) is 1. The molecule has 0 spiro atoms. The minimum Gasteiger partial charge on any atom is -0.350 e. The van der Waals surface area contributed by atoms with Crippen LogP contribution in [0.5, 0.6) is 0 Å². The summed E-state index contributed by atoms with van der Waals surface area (Å²) in [5.41, 5.74) is 4.12. The first-order valence-corrected chi connectivity index (χ1v) is 7.57. The minimum absolute atomic E-state index is 0.0487. The Kier molecular flexibility index (Phi) is 5.31. The van der Waals surface area contributed by atoms with Crippen molar-refractivity contribution in [3.8, 4) is 0 Å². The molecule has 22 heavy (non-hydrogen) atoms. The van der Waals surface area contributed by atoms with Gasteiger partial charge in [0.05, 0.1) is 6.04 Å². The summed E-state index contributed by atoms with van der Waals surface area (Å²) in [6, 6.07) is 12.7. The van der Waals surface area contributed by atoms with E-state index in [4.69, 9.17) is 0 Å². The first-order valence-electron chi connectivity index (χ1n) is 7.57. The highest BCUT2D eigenvalue weighted by Crippen LogP contribution is 2.17. The monoisotopic (exact) mass is 299 g/mol. The van der Waals surface area contributed by atoms with E-state index in [1.165, 1.54) is 17.2 Å². The lowest BCUT2D eigenvalue weighted by atomic mass is 10.0. The third-order valence-electron chi connectivity index (χ3n) is 3.99. The van der Waals surface area contributed by atoms with Crippen molar-refractivity contribution in [2.75, 3.05) is 0 Å². The van der Waals surface area contributed by atoms with E-state index in [-0.39, 0.29) is 24.2 Å². The fraction of sp³-hybridized carbons (Fsp3) is 0.316. The van der Waals surface area contributed by atoms with E-state index < -0.39 is 0 Å². The number of hydrogen-bond acceptors (Lipinski definition) is 1. The molecule has 0 aliphatic carbocycles. The van der Waals surface area contributed by atoms with E-state index >= 15 is 0 Å². The summed E-state index contributed by atoms with van der Waals surface area (Å²) in [6.45, 7) is 6.09. The molecule has 2 nitrogen and oxygen atoms in total. The lowest BCUT2D eigenvalue weighted by molar-refractivity contribution is -0.121. The Morgan fingerprint density at radius 3 is 2.55 bits per heavy atom. The van der Waals surface area contributed by atoms with Crippen LogP contribution < -0.4 is 5.32 Å². The van der Waals surface area contributed by atoms with Gasteiger partial charge in [-0.3, -0.25) is 4.79 Å². The summed E-state index contributed by atoms with van der Waals surface area (Å²) in [4.78, 5) is 12.0. The van der Waals surface area contributed by atoms with E-state index in [1.807, 2.05) is 13.0 Å². The third-order valence-corrected chi connectivity index (χ3v) is 3.99. The van der Waals surface area contributed by atoms with E-state index in [1.54, 1.807) is 18.2 Å². The second kappa shape index (κ2) is 7.21. The van der Waals surface area contributed by atoms with Crippen LogP contribution in [0, 0.1) is 19.7 Å². The second-order valence-electron chi connectivity index (χ2n) is 5.72. The number of rotatable bonds is 5. The molecule has 2 aromatic carbocycles. The third kappa shape index (κ3) is 4.17. The summed E-state index contributed by atoms with van der Waals surface area (Å²) < 4.78 is 13.5.